The first-order valence-corrected chi connectivity index (χ1v) is 12.5. The molecule has 4 aromatic rings. The van der Waals surface area contributed by atoms with Crippen LogP contribution in [-0.4, -0.2) is 122 Å². The molecule has 0 aliphatic carbocycles. The molecule has 0 bridgehead atoms. The first kappa shape index (κ1) is 26.6. The van der Waals surface area contributed by atoms with Crippen LogP contribution in [0.25, 0.3) is 22.3 Å². The lowest BCUT2D eigenvalue weighted by Crippen LogP contribution is -2.40. The summed E-state index contributed by atoms with van der Waals surface area (Å²) < 4.78 is 20.8. The van der Waals surface area contributed by atoms with Gasteiger partial charge in [0.2, 0.25) is 0 Å². The molecule has 0 amide bonds. The largest absolute Gasteiger partial charge is 0.394 e. The molecule has 2 aliphatic rings. The van der Waals surface area contributed by atoms with E-state index in [4.69, 9.17) is 25.7 Å². The topological polar surface area (TPSA) is 260 Å². The molecule has 9 N–H and O–H groups in total. The first-order chi connectivity index (χ1) is 19.4. The highest BCUT2D eigenvalue weighted by atomic mass is 16.6. The molecule has 8 atom stereocenters. The fourth-order valence-electron chi connectivity index (χ4n) is 5.02. The average molecular weight is 560 g/mol. The summed E-state index contributed by atoms with van der Waals surface area (Å²) in [5.41, 5.74) is 13.2. The van der Waals surface area contributed by atoms with Gasteiger partial charge in [-0.2, -0.15) is 0 Å². The number of nitrogens with two attached hydrogens (primary N) is 2. The predicted molar refractivity (Wildman–Crippen MR) is 135 cm³/mol. The molecule has 40 heavy (non-hydrogen) atoms. The number of ether oxygens (including phenoxy) is 3. The van der Waals surface area contributed by atoms with Crippen molar-refractivity contribution in [3.63, 3.8) is 0 Å². The molecule has 2 aliphatic heterocycles. The number of hydrogen-bond donors (Lipinski definition) is 7. The Kier molecular flexibility index (Phi) is 7.15. The summed E-state index contributed by atoms with van der Waals surface area (Å²) >= 11 is 0. The highest BCUT2D eigenvalue weighted by Crippen LogP contribution is 2.34. The zero-order chi connectivity index (χ0) is 28.0. The van der Waals surface area contributed by atoms with E-state index in [2.05, 4.69) is 35.2 Å². The maximum atomic E-state index is 10.7. The second-order valence-corrected chi connectivity index (χ2v) is 9.49. The molecule has 6 rings (SSSR count). The summed E-state index contributed by atoms with van der Waals surface area (Å²) in [6.45, 7) is 0.229. The third kappa shape index (κ3) is 4.49. The Morgan fingerprint density at radius 3 is 2.02 bits per heavy atom. The van der Waals surface area contributed by atoms with Gasteiger partial charge < -0.3 is 51.4 Å². The van der Waals surface area contributed by atoms with Crippen LogP contribution >= 0.6 is 0 Å². The number of aliphatic hydroxyl groups is 4. The SMILES string of the molecule is Nc1ncnc2c1ncn2[C@@H]1O[C@H](CNCCO[C@@H]2[C@H](O)[C@@H](CO)O[C@H]2n2cnc3c(N)ncnc32)[C@@H](O)[C@H]1O. The molecule has 2 saturated heterocycles. The Hall–Kier alpha value is -3.62. The van der Waals surface area contributed by atoms with Crippen molar-refractivity contribution >= 4 is 34.0 Å². The number of nitrogens with zero attached hydrogens (tertiary/aromatic N) is 8. The summed E-state index contributed by atoms with van der Waals surface area (Å²) in [5.74, 6) is 0.393. The number of imidazole rings is 2. The van der Waals surface area contributed by atoms with E-state index in [1.54, 1.807) is 4.57 Å². The molecule has 0 spiro atoms. The van der Waals surface area contributed by atoms with E-state index >= 15 is 0 Å². The monoisotopic (exact) mass is 559 g/mol. The van der Waals surface area contributed by atoms with Crippen molar-refractivity contribution < 1.29 is 34.6 Å². The van der Waals surface area contributed by atoms with Gasteiger partial charge in [-0.05, 0) is 0 Å². The molecule has 0 saturated carbocycles. The second-order valence-electron chi connectivity index (χ2n) is 9.49. The third-order valence-corrected chi connectivity index (χ3v) is 7.09. The van der Waals surface area contributed by atoms with Gasteiger partial charge in [0, 0.05) is 13.1 Å². The highest BCUT2D eigenvalue weighted by Gasteiger charge is 2.46. The van der Waals surface area contributed by atoms with E-state index in [0.717, 1.165) is 0 Å². The lowest BCUT2D eigenvalue weighted by Gasteiger charge is -2.22. The van der Waals surface area contributed by atoms with Gasteiger partial charge in [0.25, 0.3) is 0 Å². The van der Waals surface area contributed by atoms with E-state index in [1.807, 2.05) is 0 Å². The molecule has 0 aromatic carbocycles. The molecule has 4 aromatic heterocycles. The fraction of sp³-hybridized carbons (Fsp3) is 0.545. The van der Waals surface area contributed by atoms with Crippen molar-refractivity contribution in [2.75, 3.05) is 37.8 Å². The summed E-state index contributed by atoms with van der Waals surface area (Å²) in [6, 6.07) is 0. The normalized spacial score (nSPS) is 30.6. The van der Waals surface area contributed by atoms with Crippen LogP contribution in [0.5, 0.6) is 0 Å². The lowest BCUT2D eigenvalue weighted by atomic mass is 10.1. The van der Waals surface area contributed by atoms with Gasteiger partial charge in [-0.25, -0.2) is 29.9 Å². The number of anilines is 2. The first-order valence-electron chi connectivity index (χ1n) is 12.5. The number of hydrogen-bond acceptors (Lipinski definition) is 16. The molecule has 0 unspecified atom stereocenters. The minimum absolute atomic E-state index is 0.140. The standard InChI is InChI=1S/C22H29N11O7/c23-17-11-19(28-5-26-17)32(7-30-11)21-15(37)13(35)9(39-21)3-25-1-2-38-16-14(36)10(4-34)40-22(16)33-8-31-12-18(24)27-6-29-20(12)33/h5-10,13-16,21-22,25,34-37H,1-4H2,(H2,23,26,28)(H2,24,27,29)/t9-,10-,13-,14-,15-,16-,21-,22-/m1/s1. The van der Waals surface area contributed by atoms with Gasteiger partial charge in [0.1, 0.15) is 60.3 Å². The smallest absolute Gasteiger partial charge is 0.167 e. The molecular formula is C22H29N11O7. The number of rotatable bonds is 9. The summed E-state index contributed by atoms with van der Waals surface area (Å²) in [7, 11) is 0. The molecule has 0 radical (unpaired) electrons. The van der Waals surface area contributed by atoms with Gasteiger partial charge in [-0.1, -0.05) is 0 Å². The molecule has 2 fully saturated rings. The van der Waals surface area contributed by atoms with E-state index < -0.39 is 55.7 Å². The summed E-state index contributed by atoms with van der Waals surface area (Å²) in [5, 5.41) is 44.7. The van der Waals surface area contributed by atoms with Crippen LogP contribution in [0, 0.1) is 0 Å². The Bertz CT molecular complexity index is 1480. The third-order valence-electron chi connectivity index (χ3n) is 7.09. The Morgan fingerprint density at radius 1 is 0.800 bits per heavy atom. The van der Waals surface area contributed by atoms with Gasteiger partial charge in [0.05, 0.1) is 25.9 Å². The van der Waals surface area contributed by atoms with Crippen molar-refractivity contribution in [2.24, 2.45) is 0 Å². The number of nitrogens with one attached hydrogen (secondary N) is 1. The number of fused-ring (bicyclic) bond motifs is 2. The zero-order valence-corrected chi connectivity index (χ0v) is 21.0. The van der Waals surface area contributed by atoms with E-state index in [1.165, 1.54) is 29.9 Å². The van der Waals surface area contributed by atoms with E-state index in [9.17, 15) is 20.4 Å². The predicted octanol–water partition coefficient (Wildman–Crippen LogP) is -3.32. The summed E-state index contributed by atoms with van der Waals surface area (Å²) in [4.78, 5) is 24.6. The summed E-state index contributed by atoms with van der Waals surface area (Å²) in [6.07, 6.45) is -2.30. The number of aromatic nitrogens is 8. The zero-order valence-electron chi connectivity index (χ0n) is 21.0. The van der Waals surface area contributed by atoms with Crippen molar-refractivity contribution in [1.82, 2.24) is 44.4 Å². The van der Waals surface area contributed by atoms with E-state index in [0.29, 0.717) is 28.9 Å². The van der Waals surface area contributed by atoms with Crippen molar-refractivity contribution in [1.29, 1.82) is 0 Å². The quantitative estimate of drug-likeness (QED) is 0.0989. The van der Waals surface area contributed by atoms with Gasteiger partial charge in [0.15, 0.2) is 35.4 Å². The van der Waals surface area contributed by atoms with Crippen molar-refractivity contribution in [2.45, 2.75) is 49.1 Å². The van der Waals surface area contributed by atoms with Gasteiger partial charge in [-0.15, -0.1) is 0 Å². The minimum atomic E-state index is -1.23. The van der Waals surface area contributed by atoms with Crippen LogP contribution < -0.4 is 16.8 Å². The maximum Gasteiger partial charge on any atom is 0.167 e. The fourth-order valence-corrected chi connectivity index (χ4v) is 5.02. The molecule has 6 heterocycles. The molecular weight excluding hydrogens is 530 g/mol. The minimum Gasteiger partial charge on any atom is -0.394 e. The molecule has 18 heteroatoms. The van der Waals surface area contributed by atoms with Crippen molar-refractivity contribution in [3.05, 3.63) is 25.3 Å². The Morgan fingerprint density at radius 2 is 1.40 bits per heavy atom. The number of aliphatic hydroxyl groups excluding tert-OH is 4. The second kappa shape index (κ2) is 10.7. The Balaban J connectivity index is 1.06. The van der Waals surface area contributed by atoms with Crippen LogP contribution in [0.3, 0.4) is 0 Å². The van der Waals surface area contributed by atoms with E-state index in [-0.39, 0.29) is 24.8 Å². The average Bonchev–Trinajstić information content (AvgIpc) is 3.71. The molecule has 214 valence electrons. The van der Waals surface area contributed by atoms with Crippen LogP contribution in [0.1, 0.15) is 12.5 Å². The van der Waals surface area contributed by atoms with Crippen LogP contribution in [-0.2, 0) is 14.2 Å². The lowest BCUT2D eigenvalue weighted by molar-refractivity contribution is -0.0703. The highest BCUT2D eigenvalue weighted by molar-refractivity contribution is 5.81. The van der Waals surface area contributed by atoms with Crippen LogP contribution in [0.2, 0.25) is 0 Å². The number of nitrogen functional groups attached to an aromatic ring is 2. The van der Waals surface area contributed by atoms with Crippen LogP contribution in [0.15, 0.2) is 25.3 Å². The Labute approximate surface area is 225 Å². The van der Waals surface area contributed by atoms with Crippen molar-refractivity contribution in [3.8, 4) is 0 Å². The van der Waals surface area contributed by atoms with Crippen LogP contribution in [0.4, 0.5) is 11.6 Å². The van der Waals surface area contributed by atoms with Gasteiger partial charge >= 0.3 is 0 Å². The van der Waals surface area contributed by atoms with Gasteiger partial charge in [-0.3, -0.25) is 9.13 Å². The maximum absolute atomic E-state index is 10.7. The molecule has 18 nitrogen and oxygen atoms in total.